The molecule has 1 heterocycles. The average Bonchev–Trinajstić information content (AvgIpc) is 2.86. The van der Waals surface area contributed by atoms with Crippen molar-refractivity contribution in [3.63, 3.8) is 0 Å². The Labute approximate surface area is 151 Å². The Hall–Kier alpha value is -4.08. The van der Waals surface area contributed by atoms with Crippen LogP contribution in [-0.2, 0) is 4.79 Å². The predicted molar refractivity (Wildman–Crippen MR) is 92.1 cm³/mol. The zero-order valence-corrected chi connectivity index (χ0v) is 13.7. The van der Waals surface area contributed by atoms with Gasteiger partial charge in [-0.3, -0.25) is 34.2 Å². The molecule has 3 rings (SSSR count). The average molecular weight is 368 g/mol. The number of nitro benzene ring substituents is 1. The molecule has 0 radical (unpaired) electrons. The van der Waals surface area contributed by atoms with Gasteiger partial charge in [0.05, 0.1) is 10.5 Å². The summed E-state index contributed by atoms with van der Waals surface area (Å²) in [5.74, 6) is -3.10. The van der Waals surface area contributed by atoms with E-state index in [0.717, 1.165) is 6.07 Å². The number of primary amides is 1. The molecule has 2 aromatic carbocycles. The number of nitrogens with one attached hydrogen (secondary N) is 1. The van der Waals surface area contributed by atoms with Crippen molar-refractivity contribution in [3.8, 4) is 0 Å². The first-order valence-corrected chi connectivity index (χ1v) is 7.63. The highest BCUT2D eigenvalue weighted by molar-refractivity contribution is 6.24. The van der Waals surface area contributed by atoms with E-state index in [2.05, 4.69) is 5.32 Å². The molecule has 0 atom stereocenters. The van der Waals surface area contributed by atoms with Gasteiger partial charge in [-0.1, -0.05) is 12.1 Å². The Kier molecular flexibility index (Phi) is 4.38. The van der Waals surface area contributed by atoms with E-state index in [1.165, 1.54) is 36.4 Å². The number of hydrogen-bond acceptors (Lipinski definition) is 6. The number of benzene rings is 2. The molecule has 1 aliphatic rings. The summed E-state index contributed by atoms with van der Waals surface area (Å²) in [5, 5.41) is 13.5. The molecule has 27 heavy (non-hydrogen) atoms. The van der Waals surface area contributed by atoms with E-state index in [0.29, 0.717) is 4.90 Å². The Morgan fingerprint density at radius 3 is 2.48 bits per heavy atom. The van der Waals surface area contributed by atoms with Crippen molar-refractivity contribution in [2.45, 2.75) is 0 Å². The number of amides is 4. The number of carbonyl (C=O) groups is 4. The number of hydrogen-bond donors (Lipinski definition) is 2. The lowest BCUT2D eigenvalue weighted by atomic mass is 10.1. The predicted octanol–water partition coefficient (Wildman–Crippen LogP) is 0.928. The molecule has 3 N–H and O–H groups in total. The second-order valence-corrected chi connectivity index (χ2v) is 5.65. The number of imide groups is 1. The summed E-state index contributed by atoms with van der Waals surface area (Å²) < 4.78 is 0. The van der Waals surface area contributed by atoms with Crippen LogP contribution in [0.3, 0.4) is 0 Å². The molecule has 0 saturated heterocycles. The lowest BCUT2D eigenvalue weighted by molar-refractivity contribution is -0.385. The molecule has 0 fully saturated rings. The lowest BCUT2D eigenvalue weighted by Gasteiger charge is -2.13. The molecule has 10 heteroatoms. The van der Waals surface area contributed by atoms with Crippen LogP contribution in [0.2, 0.25) is 0 Å². The van der Waals surface area contributed by atoms with Crippen molar-refractivity contribution in [1.29, 1.82) is 0 Å². The summed E-state index contributed by atoms with van der Waals surface area (Å²) in [6.45, 7) is -0.635. The summed E-state index contributed by atoms with van der Waals surface area (Å²) in [7, 11) is 0. The standard InChI is InChI=1S/C17H12N4O6/c18-15(23)9-3-1-4-10(7-9)19-13(22)8-20-16(24)11-5-2-6-12(21(26)27)14(11)17(20)25/h1-7H,8H2,(H2,18,23)(H,19,22). The fourth-order valence-corrected chi connectivity index (χ4v) is 2.71. The fourth-order valence-electron chi connectivity index (χ4n) is 2.71. The van der Waals surface area contributed by atoms with Gasteiger partial charge in [-0.05, 0) is 24.3 Å². The largest absolute Gasteiger partial charge is 0.366 e. The molecule has 2 aromatic rings. The number of nitro groups is 1. The molecule has 0 unspecified atom stereocenters. The molecule has 0 saturated carbocycles. The van der Waals surface area contributed by atoms with Crippen LogP contribution in [0.1, 0.15) is 31.1 Å². The zero-order valence-electron chi connectivity index (χ0n) is 13.7. The van der Waals surface area contributed by atoms with Gasteiger partial charge >= 0.3 is 0 Å². The molecule has 0 spiro atoms. The Morgan fingerprint density at radius 1 is 1.11 bits per heavy atom. The van der Waals surface area contributed by atoms with Gasteiger partial charge in [-0.25, -0.2) is 0 Å². The Morgan fingerprint density at radius 2 is 1.81 bits per heavy atom. The molecule has 136 valence electrons. The Balaban J connectivity index is 1.79. The van der Waals surface area contributed by atoms with Crippen molar-refractivity contribution in [2.24, 2.45) is 5.73 Å². The van der Waals surface area contributed by atoms with Crippen LogP contribution in [0.15, 0.2) is 42.5 Å². The van der Waals surface area contributed by atoms with Crippen molar-refractivity contribution < 1.29 is 24.1 Å². The number of anilines is 1. The molecule has 1 aliphatic heterocycles. The number of carbonyl (C=O) groups excluding carboxylic acids is 4. The van der Waals surface area contributed by atoms with Crippen molar-refractivity contribution in [3.05, 3.63) is 69.3 Å². The second-order valence-electron chi connectivity index (χ2n) is 5.65. The lowest BCUT2D eigenvalue weighted by Crippen LogP contribution is -2.37. The maximum Gasteiger partial charge on any atom is 0.282 e. The fraction of sp³-hybridized carbons (Fsp3) is 0.0588. The van der Waals surface area contributed by atoms with E-state index in [9.17, 15) is 29.3 Å². The van der Waals surface area contributed by atoms with Crippen LogP contribution in [-0.4, -0.2) is 40.0 Å². The van der Waals surface area contributed by atoms with E-state index in [1.807, 2.05) is 0 Å². The van der Waals surface area contributed by atoms with E-state index in [4.69, 9.17) is 5.73 Å². The minimum absolute atomic E-state index is 0.127. The SMILES string of the molecule is NC(=O)c1cccc(NC(=O)CN2C(=O)c3cccc([N+](=O)[O-])c3C2=O)c1. The van der Waals surface area contributed by atoms with Crippen LogP contribution in [0.25, 0.3) is 0 Å². The number of fused-ring (bicyclic) bond motifs is 1. The van der Waals surface area contributed by atoms with Crippen molar-refractivity contribution in [1.82, 2.24) is 4.90 Å². The maximum atomic E-state index is 12.4. The van der Waals surface area contributed by atoms with E-state index in [-0.39, 0.29) is 22.4 Å². The summed E-state index contributed by atoms with van der Waals surface area (Å²) in [5.41, 5.74) is 4.62. The number of rotatable bonds is 5. The summed E-state index contributed by atoms with van der Waals surface area (Å²) >= 11 is 0. The highest BCUT2D eigenvalue weighted by Gasteiger charge is 2.41. The van der Waals surface area contributed by atoms with E-state index in [1.54, 1.807) is 0 Å². The minimum Gasteiger partial charge on any atom is -0.366 e. The Bertz CT molecular complexity index is 1020. The summed E-state index contributed by atoms with van der Waals surface area (Å²) in [4.78, 5) is 59.1. The van der Waals surface area contributed by atoms with E-state index < -0.39 is 40.8 Å². The van der Waals surface area contributed by atoms with Gasteiger partial charge in [0.2, 0.25) is 11.8 Å². The van der Waals surface area contributed by atoms with Gasteiger partial charge in [0.1, 0.15) is 12.1 Å². The summed E-state index contributed by atoms with van der Waals surface area (Å²) in [6.07, 6.45) is 0. The third kappa shape index (κ3) is 3.23. The van der Waals surface area contributed by atoms with Crippen molar-refractivity contribution in [2.75, 3.05) is 11.9 Å². The van der Waals surface area contributed by atoms with Gasteiger partial charge in [-0.15, -0.1) is 0 Å². The molecular formula is C17H12N4O6. The third-order valence-corrected chi connectivity index (χ3v) is 3.91. The quantitative estimate of drug-likeness (QED) is 0.455. The first kappa shape index (κ1) is 17.7. The van der Waals surface area contributed by atoms with Gasteiger partial charge in [0.15, 0.2) is 0 Å². The third-order valence-electron chi connectivity index (χ3n) is 3.91. The van der Waals surface area contributed by atoms with Gasteiger partial charge < -0.3 is 11.1 Å². The maximum absolute atomic E-state index is 12.4. The molecule has 0 aliphatic carbocycles. The van der Waals surface area contributed by atoms with Gasteiger partial charge in [-0.2, -0.15) is 0 Å². The first-order valence-electron chi connectivity index (χ1n) is 7.63. The number of nitrogens with two attached hydrogens (primary N) is 1. The highest BCUT2D eigenvalue weighted by Crippen LogP contribution is 2.30. The molecular weight excluding hydrogens is 356 g/mol. The molecule has 0 bridgehead atoms. The zero-order chi connectivity index (χ0) is 19.7. The topological polar surface area (TPSA) is 153 Å². The first-order chi connectivity index (χ1) is 12.8. The van der Waals surface area contributed by atoms with Crippen LogP contribution in [0, 0.1) is 10.1 Å². The number of nitrogens with zero attached hydrogens (tertiary/aromatic N) is 2. The van der Waals surface area contributed by atoms with Crippen LogP contribution in [0.4, 0.5) is 11.4 Å². The second kappa shape index (κ2) is 6.67. The molecule has 4 amide bonds. The molecule has 0 aromatic heterocycles. The van der Waals surface area contributed by atoms with Crippen molar-refractivity contribution >= 4 is 35.0 Å². The van der Waals surface area contributed by atoms with Crippen LogP contribution >= 0.6 is 0 Å². The monoisotopic (exact) mass is 368 g/mol. The van der Waals surface area contributed by atoms with Gasteiger partial charge in [0.25, 0.3) is 17.5 Å². The smallest absolute Gasteiger partial charge is 0.282 e. The van der Waals surface area contributed by atoms with Gasteiger partial charge in [0, 0.05) is 17.3 Å². The summed E-state index contributed by atoms with van der Waals surface area (Å²) in [6, 6.07) is 9.49. The van der Waals surface area contributed by atoms with Crippen LogP contribution < -0.4 is 11.1 Å². The van der Waals surface area contributed by atoms with Crippen LogP contribution in [0.5, 0.6) is 0 Å². The van der Waals surface area contributed by atoms with E-state index >= 15 is 0 Å². The minimum atomic E-state index is -0.914. The molecule has 10 nitrogen and oxygen atoms in total. The normalized spacial score (nSPS) is 12.7. The highest BCUT2D eigenvalue weighted by atomic mass is 16.6.